The highest BCUT2D eigenvalue weighted by Crippen LogP contribution is 2.32. The number of methoxy groups -OCH3 is 1. The Bertz CT molecular complexity index is 710. The predicted molar refractivity (Wildman–Crippen MR) is 77.3 cm³/mol. The molecule has 0 atom stereocenters. The van der Waals surface area contributed by atoms with Crippen LogP contribution in [0.5, 0.6) is 5.75 Å². The Kier molecular flexibility index (Phi) is 4.00. The Morgan fingerprint density at radius 3 is 2.55 bits per heavy atom. The van der Waals surface area contributed by atoms with Crippen LogP contribution in [0.15, 0.2) is 33.9 Å². The molecule has 9 heteroatoms. The number of sulfonamides is 1. The van der Waals surface area contributed by atoms with Crippen LogP contribution in [0, 0.1) is 0 Å². The lowest BCUT2D eigenvalue weighted by molar-refractivity contribution is 0.415. The van der Waals surface area contributed by atoms with Gasteiger partial charge in [-0.3, -0.25) is 4.31 Å². The SMILES string of the molecule is COc1ccccc1N(C)S(=O)(=O)c1c(Br)nnn1C. The van der Waals surface area contributed by atoms with E-state index in [0.29, 0.717) is 11.4 Å². The molecule has 0 bridgehead atoms. The van der Waals surface area contributed by atoms with Crippen molar-refractivity contribution in [2.24, 2.45) is 7.05 Å². The maximum Gasteiger partial charge on any atom is 0.284 e. The van der Waals surface area contributed by atoms with Gasteiger partial charge in [-0.2, -0.15) is 8.42 Å². The van der Waals surface area contributed by atoms with E-state index in [1.807, 2.05) is 0 Å². The maximum atomic E-state index is 12.6. The molecule has 2 aromatic rings. The van der Waals surface area contributed by atoms with E-state index in [9.17, 15) is 8.42 Å². The Balaban J connectivity index is 2.55. The second kappa shape index (κ2) is 5.41. The molecular weight excluding hydrogens is 348 g/mol. The summed E-state index contributed by atoms with van der Waals surface area (Å²) in [5.41, 5.74) is 0.433. The first-order valence-corrected chi connectivity index (χ1v) is 7.80. The summed E-state index contributed by atoms with van der Waals surface area (Å²) in [6, 6.07) is 6.86. The molecule has 0 radical (unpaired) electrons. The number of benzene rings is 1. The number of aromatic nitrogens is 3. The Morgan fingerprint density at radius 2 is 2.00 bits per heavy atom. The molecule has 0 spiro atoms. The zero-order valence-corrected chi connectivity index (χ0v) is 13.5. The molecule has 1 aromatic carbocycles. The van der Waals surface area contributed by atoms with Gasteiger partial charge in [-0.25, -0.2) is 4.68 Å². The summed E-state index contributed by atoms with van der Waals surface area (Å²) in [5.74, 6) is 0.463. The summed E-state index contributed by atoms with van der Waals surface area (Å²) in [6.45, 7) is 0. The number of aryl methyl sites for hydroxylation is 1. The summed E-state index contributed by atoms with van der Waals surface area (Å²) in [5, 5.41) is 7.36. The summed E-state index contributed by atoms with van der Waals surface area (Å²) >= 11 is 3.10. The van der Waals surface area contributed by atoms with Crippen LogP contribution in [0.3, 0.4) is 0 Å². The van der Waals surface area contributed by atoms with Crippen molar-refractivity contribution in [1.29, 1.82) is 0 Å². The van der Waals surface area contributed by atoms with Crippen LogP contribution in [0.2, 0.25) is 0 Å². The molecule has 0 saturated heterocycles. The average molecular weight is 361 g/mol. The fourth-order valence-electron chi connectivity index (χ4n) is 1.75. The number of hydrogen-bond donors (Lipinski definition) is 0. The normalized spacial score (nSPS) is 11.4. The van der Waals surface area contributed by atoms with Crippen molar-refractivity contribution < 1.29 is 13.2 Å². The molecule has 0 fully saturated rings. The molecule has 0 aliphatic carbocycles. The van der Waals surface area contributed by atoms with Gasteiger partial charge in [0.1, 0.15) is 5.75 Å². The molecule has 0 N–H and O–H groups in total. The number of halogens is 1. The van der Waals surface area contributed by atoms with E-state index in [4.69, 9.17) is 4.74 Å². The lowest BCUT2D eigenvalue weighted by Gasteiger charge is -2.21. The third-order valence-electron chi connectivity index (χ3n) is 2.77. The van der Waals surface area contributed by atoms with Gasteiger partial charge >= 0.3 is 0 Å². The van der Waals surface area contributed by atoms with E-state index >= 15 is 0 Å². The summed E-state index contributed by atoms with van der Waals surface area (Å²) < 4.78 is 33.0. The minimum atomic E-state index is -3.80. The summed E-state index contributed by atoms with van der Waals surface area (Å²) in [6.07, 6.45) is 0. The smallest absolute Gasteiger partial charge is 0.284 e. The van der Waals surface area contributed by atoms with Gasteiger partial charge in [0.25, 0.3) is 10.0 Å². The lowest BCUT2D eigenvalue weighted by Crippen LogP contribution is -2.29. The third kappa shape index (κ3) is 2.38. The molecule has 2 rings (SSSR count). The molecule has 20 heavy (non-hydrogen) atoms. The Hall–Kier alpha value is -1.61. The molecule has 1 aromatic heterocycles. The van der Waals surface area contributed by atoms with Crippen LogP contribution in [0.25, 0.3) is 0 Å². The monoisotopic (exact) mass is 360 g/mol. The fraction of sp³-hybridized carbons (Fsp3) is 0.273. The van der Waals surface area contributed by atoms with Crippen molar-refractivity contribution in [2.45, 2.75) is 5.03 Å². The largest absolute Gasteiger partial charge is 0.495 e. The number of anilines is 1. The van der Waals surface area contributed by atoms with Crippen molar-refractivity contribution >= 4 is 31.6 Å². The van der Waals surface area contributed by atoms with Gasteiger partial charge in [0.15, 0.2) is 4.60 Å². The number of ether oxygens (including phenoxy) is 1. The van der Waals surface area contributed by atoms with E-state index in [1.54, 1.807) is 24.3 Å². The van der Waals surface area contributed by atoms with Crippen LogP contribution >= 0.6 is 15.9 Å². The van der Waals surface area contributed by atoms with E-state index in [0.717, 1.165) is 4.31 Å². The average Bonchev–Trinajstić information content (AvgIpc) is 2.77. The maximum absolute atomic E-state index is 12.6. The summed E-state index contributed by atoms with van der Waals surface area (Å²) in [7, 11) is 0.654. The van der Waals surface area contributed by atoms with Crippen LogP contribution in [0.1, 0.15) is 0 Å². The quantitative estimate of drug-likeness (QED) is 0.823. The summed E-state index contributed by atoms with van der Waals surface area (Å²) in [4.78, 5) is 0. The van der Waals surface area contributed by atoms with E-state index in [-0.39, 0.29) is 9.63 Å². The van der Waals surface area contributed by atoms with Gasteiger partial charge in [-0.15, -0.1) is 5.10 Å². The van der Waals surface area contributed by atoms with Gasteiger partial charge in [-0.05, 0) is 28.1 Å². The molecule has 108 valence electrons. The second-order valence-corrected chi connectivity index (χ2v) is 6.59. The number of nitrogens with zero attached hydrogens (tertiary/aromatic N) is 4. The first-order chi connectivity index (χ1) is 9.39. The van der Waals surface area contributed by atoms with E-state index in [2.05, 4.69) is 26.2 Å². The predicted octanol–water partition coefficient (Wildman–Crippen LogP) is 1.41. The van der Waals surface area contributed by atoms with E-state index in [1.165, 1.54) is 25.9 Å². The number of para-hydroxylation sites is 2. The minimum absolute atomic E-state index is 0.0223. The fourth-order valence-corrected chi connectivity index (χ4v) is 3.98. The van der Waals surface area contributed by atoms with Gasteiger partial charge in [0.2, 0.25) is 5.03 Å². The third-order valence-corrected chi connectivity index (χ3v) is 5.43. The Labute approximate surface area is 125 Å². The molecule has 0 unspecified atom stereocenters. The molecule has 0 saturated carbocycles. The minimum Gasteiger partial charge on any atom is -0.495 e. The van der Waals surface area contributed by atoms with Crippen LogP contribution in [-0.4, -0.2) is 37.6 Å². The highest BCUT2D eigenvalue weighted by molar-refractivity contribution is 9.10. The first kappa shape index (κ1) is 14.8. The molecule has 0 aliphatic heterocycles. The first-order valence-electron chi connectivity index (χ1n) is 5.56. The highest BCUT2D eigenvalue weighted by atomic mass is 79.9. The zero-order chi connectivity index (χ0) is 14.9. The number of hydrogen-bond acceptors (Lipinski definition) is 5. The number of rotatable bonds is 4. The van der Waals surface area contributed by atoms with Gasteiger partial charge < -0.3 is 4.74 Å². The van der Waals surface area contributed by atoms with Gasteiger partial charge in [-0.1, -0.05) is 17.3 Å². The van der Waals surface area contributed by atoms with Crippen molar-refractivity contribution in [1.82, 2.24) is 15.0 Å². The van der Waals surface area contributed by atoms with Crippen LogP contribution in [0.4, 0.5) is 5.69 Å². The van der Waals surface area contributed by atoms with Crippen molar-refractivity contribution in [3.05, 3.63) is 28.9 Å². The molecular formula is C11H13BrN4O3S. The van der Waals surface area contributed by atoms with Gasteiger partial charge in [0, 0.05) is 14.1 Å². The second-order valence-electron chi connectivity index (χ2n) is 3.95. The Morgan fingerprint density at radius 1 is 1.35 bits per heavy atom. The van der Waals surface area contributed by atoms with Crippen molar-refractivity contribution in [3.63, 3.8) is 0 Å². The van der Waals surface area contributed by atoms with Gasteiger partial charge in [0.05, 0.1) is 12.8 Å². The standard InChI is InChI=1S/C11H13BrN4O3S/c1-15-11(10(12)13-14-15)20(17,18)16(2)8-6-4-5-7-9(8)19-3/h4-7H,1-3H3. The van der Waals surface area contributed by atoms with Crippen LogP contribution in [-0.2, 0) is 17.1 Å². The van der Waals surface area contributed by atoms with Crippen LogP contribution < -0.4 is 9.04 Å². The lowest BCUT2D eigenvalue weighted by atomic mass is 10.3. The molecule has 7 nitrogen and oxygen atoms in total. The van der Waals surface area contributed by atoms with Crippen molar-refractivity contribution in [3.8, 4) is 5.75 Å². The molecule has 0 aliphatic rings. The topological polar surface area (TPSA) is 77.3 Å². The van der Waals surface area contributed by atoms with Crippen molar-refractivity contribution in [2.75, 3.05) is 18.5 Å². The highest BCUT2D eigenvalue weighted by Gasteiger charge is 2.30. The zero-order valence-electron chi connectivity index (χ0n) is 11.1. The van der Waals surface area contributed by atoms with E-state index < -0.39 is 10.0 Å². The molecule has 0 amide bonds. The molecule has 1 heterocycles.